The summed E-state index contributed by atoms with van der Waals surface area (Å²) in [5.41, 5.74) is 0.619. The van der Waals surface area contributed by atoms with Crippen molar-refractivity contribution >= 4 is 6.29 Å². The summed E-state index contributed by atoms with van der Waals surface area (Å²) >= 11 is 0. The van der Waals surface area contributed by atoms with E-state index in [0.717, 1.165) is 0 Å². The molecule has 2 nitrogen and oxygen atoms in total. The monoisotopic (exact) mass is 133 g/mol. The van der Waals surface area contributed by atoms with E-state index >= 15 is 0 Å². The van der Waals surface area contributed by atoms with Gasteiger partial charge in [0.25, 0.3) is 0 Å². The fraction of sp³-hybridized carbons (Fsp3) is 0. The van der Waals surface area contributed by atoms with Crippen LogP contribution in [0.25, 0.3) is 0 Å². The summed E-state index contributed by atoms with van der Waals surface area (Å²) in [5.74, 6) is 0. The summed E-state index contributed by atoms with van der Waals surface area (Å²) in [7, 11) is 0. The number of aldehydes is 1. The molecule has 50 valence electrons. The van der Waals surface area contributed by atoms with E-state index in [0.29, 0.717) is 11.9 Å². The van der Waals surface area contributed by atoms with Crippen LogP contribution in [-0.2, 0) is 4.79 Å². The second-order valence-electron chi connectivity index (χ2n) is 1.61. The topological polar surface area (TPSA) is 40.9 Å². The Morgan fingerprint density at radius 2 is 2.20 bits per heavy atom. The predicted molar refractivity (Wildman–Crippen MR) is 39.1 cm³/mol. The second kappa shape index (κ2) is 4.28. The fourth-order valence-electron chi connectivity index (χ4n) is 0.371. The van der Waals surface area contributed by atoms with Crippen LogP contribution in [0.5, 0.6) is 0 Å². The van der Waals surface area contributed by atoms with Crippen LogP contribution in [-0.4, -0.2) is 6.29 Å². The number of hydrogen-bond donors (Lipinski definition) is 0. The smallest absolute Gasteiger partial charge is 0.149 e. The molecule has 0 aromatic carbocycles. The van der Waals surface area contributed by atoms with E-state index in [2.05, 4.69) is 13.2 Å². The molecule has 10 heavy (non-hydrogen) atoms. The molecule has 0 rings (SSSR count). The molecule has 0 aromatic rings. The Morgan fingerprint density at radius 1 is 1.60 bits per heavy atom. The van der Waals surface area contributed by atoms with Gasteiger partial charge in [-0.05, 0) is 6.08 Å². The molecule has 0 radical (unpaired) electrons. The molecular formula is C8H7NO. The van der Waals surface area contributed by atoms with E-state index in [-0.39, 0.29) is 5.57 Å². The lowest BCUT2D eigenvalue weighted by Crippen LogP contribution is -1.77. The minimum Gasteiger partial charge on any atom is -0.298 e. The molecule has 0 bridgehead atoms. The van der Waals surface area contributed by atoms with Crippen LogP contribution in [0.4, 0.5) is 0 Å². The first-order valence-electron chi connectivity index (χ1n) is 2.63. The second-order valence-corrected chi connectivity index (χ2v) is 1.61. The predicted octanol–water partition coefficient (Wildman–Crippen LogP) is 1.38. The maximum atomic E-state index is 9.98. The third kappa shape index (κ3) is 2.63. The molecule has 0 saturated carbocycles. The molecular weight excluding hydrogens is 126 g/mol. The van der Waals surface area contributed by atoms with Gasteiger partial charge in [0.15, 0.2) is 0 Å². The number of carbonyl (C=O) groups excluding carboxylic acids is 1. The van der Waals surface area contributed by atoms with Crippen LogP contribution >= 0.6 is 0 Å². The van der Waals surface area contributed by atoms with Gasteiger partial charge >= 0.3 is 0 Å². The van der Waals surface area contributed by atoms with Gasteiger partial charge in [-0.15, -0.1) is 0 Å². The van der Waals surface area contributed by atoms with Crippen molar-refractivity contribution in [1.82, 2.24) is 0 Å². The Bertz CT molecular complexity index is 230. The molecule has 0 heterocycles. The number of rotatable bonds is 3. The average Bonchev–Trinajstić information content (AvgIpc) is 1.99. The summed E-state index contributed by atoms with van der Waals surface area (Å²) in [6.07, 6.45) is 3.33. The van der Waals surface area contributed by atoms with Gasteiger partial charge < -0.3 is 0 Å². The minimum absolute atomic E-state index is 0.274. The zero-order valence-corrected chi connectivity index (χ0v) is 5.50. The number of allylic oxidation sites excluding steroid dienone is 4. The van der Waals surface area contributed by atoms with Crippen molar-refractivity contribution in [2.24, 2.45) is 0 Å². The van der Waals surface area contributed by atoms with E-state index in [1.54, 1.807) is 0 Å². The standard InChI is InChI=1S/C8H7NO/c1-3-8(5-9)4-7(2)6-10/h3-4,6H,1-2H2/b8-4+. The largest absolute Gasteiger partial charge is 0.298 e. The molecule has 0 aromatic heterocycles. The third-order valence-electron chi connectivity index (χ3n) is 0.841. The van der Waals surface area contributed by atoms with Crippen LogP contribution in [0.2, 0.25) is 0 Å². The van der Waals surface area contributed by atoms with Gasteiger partial charge in [0.2, 0.25) is 0 Å². The van der Waals surface area contributed by atoms with E-state index in [1.165, 1.54) is 12.2 Å². The Labute approximate surface area is 59.8 Å². The van der Waals surface area contributed by atoms with E-state index in [1.807, 2.05) is 6.07 Å². The molecule has 0 aliphatic rings. The SMILES string of the molecule is C=C/C(C#N)=C\C(=C)C=O. The van der Waals surface area contributed by atoms with Crippen LogP contribution in [0, 0.1) is 11.3 Å². The Morgan fingerprint density at radius 3 is 2.50 bits per heavy atom. The lowest BCUT2D eigenvalue weighted by molar-refractivity contribution is -0.104. The quantitative estimate of drug-likeness (QED) is 0.252. The molecule has 0 unspecified atom stereocenters. The fourth-order valence-corrected chi connectivity index (χ4v) is 0.371. The van der Waals surface area contributed by atoms with Gasteiger partial charge in [-0.25, -0.2) is 0 Å². The van der Waals surface area contributed by atoms with E-state index in [9.17, 15) is 4.79 Å². The summed E-state index contributed by atoms with van der Waals surface area (Å²) in [6.45, 7) is 6.74. The maximum absolute atomic E-state index is 9.98. The van der Waals surface area contributed by atoms with Crippen molar-refractivity contribution < 1.29 is 4.79 Å². The molecule has 0 aliphatic heterocycles. The minimum atomic E-state index is 0.274. The molecule has 0 fully saturated rings. The third-order valence-corrected chi connectivity index (χ3v) is 0.841. The first-order valence-corrected chi connectivity index (χ1v) is 2.63. The molecule has 2 heteroatoms. The summed E-state index contributed by atoms with van der Waals surface area (Å²) in [5, 5.41) is 8.32. The number of nitrogens with zero attached hydrogens (tertiary/aromatic N) is 1. The Balaban J connectivity index is 4.43. The normalized spacial score (nSPS) is 9.70. The highest BCUT2D eigenvalue weighted by Gasteiger charge is 1.88. The molecule has 0 atom stereocenters. The highest BCUT2D eigenvalue weighted by Crippen LogP contribution is 1.97. The van der Waals surface area contributed by atoms with E-state index in [4.69, 9.17) is 5.26 Å². The van der Waals surface area contributed by atoms with E-state index < -0.39 is 0 Å². The molecule has 0 amide bonds. The number of carbonyl (C=O) groups is 1. The lowest BCUT2D eigenvalue weighted by Gasteiger charge is -1.84. The summed E-state index contributed by atoms with van der Waals surface area (Å²) in [6, 6.07) is 1.84. The van der Waals surface area contributed by atoms with Crippen molar-refractivity contribution in [2.45, 2.75) is 0 Å². The Kier molecular flexibility index (Phi) is 3.58. The van der Waals surface area contributed by atoms with Crippen molar-refractivity contribution in [1.29, 1.82) is 5.26 Å². The van der Waals surface area contributed by atoms with Gasteiger partial charge in [-0.3, -0.25) is 4.79 Å². The van der Waals surface area contributed by atoms with Crippen LogP contribution in [0.3, 0.4) is 0 Å². The van der Waals surface area contributed by atoms with Gasteiger partial charge in [0.1, 0.15) is 6.29 Å². The zero-order valence-electron chi connectivity index (χ0n) is 5.50. The molecule has 0 saturated heterocycles. The zero-order chi connectivity index (χ0) is 7.98. The molecule has 0 aliphatic carbocycles. The van der Waals surface area contributed by atoms with Crippen molar-refractivity contribution in [2.75, 3.05) is 0 Å². The summed E-state index contributed by atoms with van der Waals surface area (Å²) < 4.78 is 0. The van der Waals surface area contributed by atoms with Crippen LogP contribution in [0.15, 0.2) is 36.5 Å². The molecule has 0 N–H and O–H groups in total. The average molecular weight is 133 g/mol. The first kappa shape index (κ1) is 8.38. The number of hydrogen-bond acceptors (Lipinski definition) is 2. The molecule has 0 spiro atoms. The van der Waals surface area contributed by atoms with Crippen molar-refractivity contribution in [3.63, 3.8) is 0 Å². The summed E-state index contributed by atoms with van der Waals surface area (Å²) in [4.78, 5) is 9.98. The highest BCUT2D eigenvalue weighted by molar-refractivity contribution is 5.77. The number of nitriles is 1. The van der Waals surface area contributed by atoms with Gasteiger partial charge in [0.05, 0.1) is 11.6 Å². The van der Waals surface area contributed by atoms with Gasteiger partial charge in [-0.2, -0.15) is 5.26 Å². The van der Waals surface area contributed by atoms with Crippen molar-refractivity contribution in [3.8, 4) is 6.07 Å². The van der Waals surface area contributed by atoms with Gasteiger partial charge in [0, 0.05) is 5.57 Å². The van der Waals surface area contributed by atoms with Crippen molar-refractivity contribution in [3.05, 3.63) is 36.5 Å². The van der Waals surface area contributed by atoms with Crippen LogP contribution < -0.4 is 0 Å². The lowest BCUT2D eigenvalue weighted by atomic mass is 10.2. The highest BCUT2D eigenvalue weighted by atomic mass is 16.1. The maximum Gasteiger partial charge on any atom is 0.149 e. The van der Waals surface area contributed by atoms with Gasteiger partial charge in [-0.1, -0.05) is 19.2 Å². The first-order chi connectivity index (χ1) is 4.74. The van der Waals surface area contributed by atoms with Crippen LogP contribution in [0.1, 0.15) is 0 Å². The Hall–Kier alpha value is -1.62.